The van der Waals surface area contributed by atoms with Gasteiger partial charge in [0.05, 0.1) is 25.4 Å². The topological polar surface area (TPSA) is 54.5 Å². The van der Waals surface area contributed by atoms with E-state index in [1.807, 2.05) is 31.2 Å². The van der Waals surface area contributed by atoms with Crippen LogP contribution < -0.4 is 5.32 Å². The van der Waals surface area contributed by atoms with Gasteiger partial charge in [0.25, 0.3) is 0 Å². The lowest BCUT2D eigenvalue weighted by atomic mass is 9.87. The lowest BCUT2D eigenvalue weighted by molar-refractivity contribution is 0.0162. The monoisotopic (exact) mass is 518 g/mol. The van der Waals surface area contributed by atoms with E-state index in [4.69, 9.17) is 0 Å². The van der Waals surface area contributed by atoms with Crippen LogP contribution in [-0.2, 0) is 6.42 Å². The highest BCUT2D eigenvalue weighted by Crippen LogP contribution is 2.43. The number of hydrogen-bond donors (Lipinski definition) is 3. The summed E-state index contributed by atoms with van der Waals surface area (Å²) in [6.45, 7) is 4.03. The number of benzene rings is 2. The van der Waals surface area contributed by atoms with Gasteiger partial charge >= 0.3 is 0 Å². The molecular formula is C28H34F4N4O. The van der Waals surface area contributed by atoms with E-state index >= 15 is 13.2 Å². The predicted molar refractivity (Wildman–Crippen MR) is 137 cm³/mol. The van der Waals surface area contributed by atoms with Crippen molar-refractivity contribution in [3.05, 3.63) is 64.9 Å². The summed E-state index contributed by atoms with van der Waals surface area (Å²) in [7, 11) is 0. The number of aliphatic hydroxyl groups is 1. The number of anilines is 1. The second kappa shape index (κ2) is 10.3. The van der Waals surface area contributed by atoms with Gasteiger partial charge in [0.15, 0.2) is 0 Å². The van der Waals surface area contributed by atoms with E-state index in [1.165, 1.54) is 19.1 Å². The van der Waals surface area contributed by atoms with Crippen molar-refractivity contribution in [2.45, 2.75) is 50.5 Å². The number of alkyl halides is 2. The molecule has 37 heavy (non-hydrogen) atoms. The number of halogens is 4. The third-order valence-electron chi connectivity index (χ3n) is 7.65. The Balaban J connectivity index is 1.50. The third kappa shape index (κ3) is 5.09. The van der Waals surface area contributed by atoms with Crippen LogP contribution in [0.1, 0.15) is 43.1 Å². The van der Waals surface area contributed by atoms with E-state index in [0.29, 0.717) is 43.9 Å². The molecule has 200 valence electrons. The Morgan fingerprint density at radius 2 is 1.86 bits per heavy atom. The zero-order valence-corrected chi connectivity index (χ0v) is 21.2. The molecule has 0 aliphatic carbocycles. The number of aromatic amines is 1. The summed E-state index contributed by atoms with van der Waals surface area (Å²) >= 11 is 0. The Bertz CT molecular complexity index is 1230. The molecule has 5 nitrogen and oxygen atoms in total. The Kier molecular flexibility index (Phi) is 7.22. The summed E-state index contributed by atoms with van der Waals surface area (Å²) in [6, 6.07) is 9.23. The van der Waals surface area contributed by atoms with Crippen molar-refractivity contribution in [3.63, 3.8) is 0 Å². The van der Waals surface area contributed by atoms with E-state index in [9.17, 15) is 9.50 Å². The SMILES string of the molecule is CC1Cc2c([nH]c3ccccc23)C(c2c(F)cc(NC3CN(CCCF)C3)cc2F)N1C[C@@](C)(F)CO. The molecule has 2 unspecified atom stereocenters. The lowest BCUT2D eigenvalue weighted by Crippen LogP contribution is -2.54. The number of H-pyrrole nitrogens is 1. The summed E-state index contributed by atoms with van der Waals surface area (Å²) in [6.07, 6.45) is 1.06. The normalized spacial score (nSPS) is 22.6. The van der Waals surface area contributed by atoms with Crippen molar-refractivity contribution in [2.75, 3.05) is 44.8 Å². The number of hydrogen-bond acceptors (Lipinski definition) is 4. The van der Waals surface area contributed by atoms with Crippen LogP contribution in [-0.4, -0.2) is 77.1 Å². The van der Waals surface area contributed by atoms with Gasteiger partial charge in [-0.3, -0.25) is 14.2 Å². The molecule has 0 radical (unpaired) electrons. The Hall–Kier alpha value is -2.62. The number of fused-ring (bicyclic) bond motifs is 3. The van der Waals surface area contributed by atoms with Crippen molar-refractivity contribution in [1.82, 2.24) is 14.8 Å². The van der Waals surface area contributed by atoms with Crippen LogP contribution in [0.5, 0.6) is 0 Å². The number of nitrogens with zero attached hydrogens (tertiary/aromatic N) is 2. The van der Waals surface area contributed by atoms with Gasteiger partial charge in [-0.1, -0.05) is 18.2 Å². The molecule has 3 N–H and O–H groups in total. The Morgan fingerprint density at radius 3 is 2.54 bits per heavy atom. The molecule has 0 amide bonds. The van der Waals surface area contributed by atoms with Crippen LogP contribution in [0.25, 0.3) is 10.9 Å². The smallest absolute Gasteiger partial charge is 0.143 e. The molecule has 0 saturated carbocycles. The maximum absolute atomic E-state index is 15.8. The molecule has 1 fully saturated rings. The van der Waals surface area contributed by atoms with Crippen molar-refractivity contribution >= 4 is 16.6 Å². The molecule has 3 aromatic rings. The van der Waals surface area contributed by atoms with Gasteiger partial charge in [0.2, 0.25) is 0 Å². The summed E-state index contributed by atoms with van der Waals surface area (Å²) in [5.74, 6) is -1.43. The van der Waals surface area contributed by atoms with Crippen LogP contribution in [0, 0.1) is 11.6 Å². The first-order valence-electron chi connectivity index (χ1n) is 12.9. The van der Waals surface area contributed by atoms with Crippen molar-refractivity contribution < 1.29 is 22.7 Å². The maximum atomic E-state index is 15.8. The minimum absolute atomic E-state index is 0.0348. The van der Waals surface area contributed by atoms with Gasteiger partial charge in [0, 0.05) is 60.1 Å². The predicted octanol–water partition coefficient (Wildman–Crippen LogP) is 4.96. The van der Waals surface area contributed by atoms with Crippen LogP contribution in [0.2, 0.25) is 0 Å². The first kappa shape index (κ1) is 26.0. The number of aromatic nitrogens is 1. The lowest BCUT2D eigenvalue weighted by Gasteiger charge is -2.43. The summed E-state index contributed by atoms with van der Waals surface area (Å²) in [5, 5.41) is 13.8. The zero-order valence-electron chi connectivity index (χ0n) is 21.2. The molecule has 0 spiro atoms. The Morgan fingerprint density at radius 1 is 1.16 bits per heavy atom. The van der Waals surface area contributed by atoms with Gasteiger partial charge in [-0.15, -0.1) is 0 Å². The maximum Gasteiger partial charge on any atom is 0.143 e. The quantitative estimate of drug-likeness (QED) is 0.351. The highest BCUT2D eigenvalue weighted by atomic mass is 19.1. The molecule has 1 aromatic heterocycles. The average Bonchev–Trinajstić information content (AvgIpc) is 3.19. The fourth-order valence-corrected chi connectivity index (χ4v) is 5.79. The highest BCUT2D eigenvalue weighted by molar-refractivity contribution is 5.85. The summed E-state index contributed by atoms with van der Waals surface area (Å²) in [4.78, 5) is 7.19. The van der Waals surface area contributed by atoms with E-state index in [-0.39, 0.29) is 30.9 Å². The van der Waals surface area contributed by atoms with Crippen molar-refractivity contribution in [2.24, 2.45) is 0 Å². The average molecular weight is 519 g/mol. The van der Waals surface area contributed by atoms with Crippen molar-refractivity contribution in [3.8, 4) is 0 Å². The molecule has 1 saturated heterocycles. The van der Waals surface area contributed by atoms with Crippen LogP contribution in [0.4, 0.5) is 23.2 Å². The molecule has 0 bridgehead atoms. The Labute approximate surface area is 214 Å². The molecule has 3 atom stereocenters. The fraction of sp³-hybridized carbons (Fsp3) is 0.500. The second-order valence-corrected chi connectivity index (χ2v) is 10.8. The van der Waals surface area contributed by atoms with Crippen molar-refractivity contribution in [1.29, 1.82) is 0 Å². The molecule has 2 aromatic carbocycles. The van der Waals surface area contributed by atoms with Crippen LogP contribution >= 0.6 is 0 Å². The summed E-state index contributed by atoms with van der Waals surface area (Å²) in [5.41, 5.74) is 0.733. The van der Waals surface area contributed by atoms with Crippen LogP contribution in [0.3, 0.4) is 0 Å². The van der Waals surface area contributed by atoms with Gasteiger partial charge in [-0.2, -0.15) is 0 Å². The number of aliphatic hydroxyl groups excluding tert-OH is 1. The molecular weight excluding hydrogens is 484 g/mol. The molecule has 2 aliphatic heterocycles. The van der Waals surface area contributed by atoms with Gasteiger partial charge in [0.1, 0.15) is 17.3 Å². The van der Waals surface area contributed by atoms with E-state index in [2.05, 4.69) is 15.2 Å². The number of para-hydroxylation sites is 1. The summed E-state index contributed by atoms with van der Waals surface area (Å²) < 4.78 is 59.0. The number of nitrogens with one attached hydrogen (secondary N) is 2. The standard InChI is InChI=1S/C28H34F4N4O/c1-17-10-21-20-6-3-4-7-24(20)34-26(21)27(36(17)15-28(2,32)16-37)25-22(30)11-18(12-23(25)31)33-19-13-35(14-19)9-5-8-29/h3-4,6-7,11-12,17,19,27,33-34,37H,5,8-10,13-16H2,1-2H3/t17?,27?,28-/m1/s1. The molecule has 9 heteroatoms. The number of rotatable bonds is 9. The van der Waals surface area contributed by atoms with E-state index < -0.39 is 30.0 Å². The second-order valence-electron chi connectivity index (χ2n) is 10.8. The number of likely N-dealkylation sites (tertiary alicyclic amines) is 1. The fourth-order valence-electron chi connectivity index (χ4n) is 5.79. The first-order valence-corrected chi connectivity index (χ1v) is 12.9. The minimum Gasteiger partial charge on any atom is -0.393 e. The van der Waals surface area contributed by atoms with E-state index in [0.717, 1.165) is 16.5 Å². The van der Waals surface area contributed by atoms with Gasteiger partial charge < -0.3 is 15.4 Å². The zero-order chi connectivity index (χ0) is 26.3. The highest BCUT2D eigenvalue weighted by Gasteiger charge is 2.42. The molecule has 3 heterocycles. The van der Waals surface area contributed by atoms with Gasteiger partial charge in [-0.25, -0.2) is 13.2 Å². The first-order chi connectivity index (χ1) is 17.7. The van der Waals surface area contributed by atoms with Gasteiger partial charge in [-0.05, 0) is 50.5 Å². The minimum atomic E-state index is -1.94. The molecule has 5 rings (SSSR count). The van der Waals surface area contributed by atoms with Crippen LogP contribution in [0.15, 0.2) is 36.4 Å². The third-order valence-corrected chi connectivity index (χ3v) is 7.65. The van der Waals surface area contributed by atoms with E-state index in [1.54, 1.807) is 4.90 Å². The largest absolute Gasteiger partial charge is 0.393 e. The molecule has 2 aliphatic rings.